The Balaban J connectivity index is 2.16. The first-order valence-corrected chi connectivity index (χ1v) is 6.77. The van der Waals surface area contributed by atoms with Gasteiger partial charge in [0.1, 0.15) is 17.2 Å². The molecule has 1 heterocycles. The first-order valence-electron chi connectivity index (χ1n) is 5.54. The summed E-state index contributed by atoms with van der Waals surface area (Å²) in [7, 11) is 0. The van der Waals surface area contributed by atoms with E-state index in [1.165, 1.54) is 6.42 Å². The second kappa shape index (κ2) is 8.35. The summed E-state index contributed by atoms with van der Waals surface area (Å²) in [5, 5.41) is 4.18. The smallest absolute Gasteiger partial charge is 0.130 e. The van der Waals surface area contributed by atoms with Crippen molar-refractivity contribution in [2.75, 3.05) is 31.3 Å². The van der Waals surface area contributed by atoms with Crippen LogP contribution in [0.1, 0.15) is 19.8 Å². The maximum absolute atomic E-state index is 5.44. The summed E-state index contributed by atoms with van der Waals surface area (Å²) >= 11 is 1.61. The molecular formula is C11H19N3OS. The molecule has 0 amide bonds. The van der Waals surface area contributed by atoms with Crippen LogP contribution in [0, 0.1) is 0 Å². The van der Waals surface area contributed by atoms with Gasteiger partial charge in [-0.05, 0) is 12.7 Å². The molecule has 0 aliphatic carbocycles. The average molecular weight is 241 g/mol. The number of nitrogens with one attached hydrogen (secondary N) is 1. The summed E-state index contributed by atoms with van der Waals surface area (Å²) in [4.78, 5) is 8.24. The van der Waals surface area contributed by atoms with Crippen molar-refractivity contribution in [3.63, 3.8) is 0 Å². The molecule has 16 heavy (non-hydrogen) atoms. The number of hydrogen-bond donors (Lipinski definition) is 1. The number of rotatable bonds is 8. The fourth-order valence-electron chi connectivity index (χ4n) is 1.15. The van der Waals surface area contributed by atoms with Gasteiger partial charge in [-0.25, -0.2) is 9.97 Å². The SMILES string of the molecule is CCCCOCCNc1cc(SC)ncn1. The summed E-state index contributed by atoms with van der Waals surface area (Å²) < 4.78 is 5.44. The largest absolute Gasteiger partial charge is 0.380 e. The molecule has 0 aromatic carbocycles. The van der Waals surface area contributed by atoms with Gasteiger partial charge in [-0.1, -0.05) is 13.3 Å². The van der Waals surface area contributed by atoms with Gasteiger partial charge in [-0.3, -0.25) is 0 Å². The van der Waals surface area contributed by atoms with Crippen LogP contribution in [0.4, 0.5) is 5.82 Å². The summed E-state index contributed by atoms with van der Waals surface area (Å²) in [6, 6.07) is 1.94. The van der Waals surface area contributed by atoms with Gasteiger partial charge in [0.15, 0.2) is 0 Å². The minimum atomic E-state index is 0.721. The molecule has 0 saturated carbocycles. The standard InChI is InChI=1S/C11H19N3OS/c1-3-4-6-15-7-5-12-10-8-11(16-2)14-9-13-10/h8-9H,3-7H2,1-2H3,(H,12,13,14). The molecule has 1 aromatic heterocycles. The van der Waals surface area contributed by atoms with E-state index in [9.17, 15) is 0 Å². The second-order valence-electron chi connectivity index (χ2n) is 3.34. The monoisotopic (exact) mass is 241 g/mol. The Morgan fingerprint density at radius 1 is 1.38 bits per heavy atom. The van der Waals surface area contributed by atoms with Crippen molar-refractivity contribution in [3.05, 3.63) is 12.4 Å². The molecule has 0 saturated heterocycles. The van der Waals surface area contributed by atoms with Crippen molar-refractivity contribution < 1.29 is 4.74 Å². The summed E-state index contributed by atoms with van der Waals surface area (Å²) in [5.74, 6) is 0.860. The zero-order valence-electron chi connectivity index (χ0n) is 9.90. The number of ether oxygens (including phenoxy) is 1. The molecule has 4 nitrogen and oxygen atoms in total. The fourth-order valence-corrected chi connectivity index (χ4v) is 1.53. The average Bonchev–Trinajstić information content (AvgIpc) is 2.34. The highest BCUT2D eigenvalue weighted by atomic mass is 32.2. The van der Waals surface area contributed by atoms with Gasteiger partial charge in [0, 0.05) is 19.2 Å². The topological polar surface area (TPSA) is 47.0 Å². The molecule has 0 unspecified atom stereocenters. The third-order valence-corrected chi connectivity index (χ3v) is 2.69. The van der Waals surface area contributed by atoms with E-state index in [4.69, 9.17) is 4.74 Å². The minimum Gasteiger partial charge on any atom is -0.380 e. The molecule has 1 rings (SSSR count). The number of unbranched alkanes of at least 4 members (excludes halogenated alkanes) is 1. The van der Waals surface area contributed by atoms with Crippen LogP contribution in [0.15, 0.2) is 17.4 Å². The molecular weight excluding hydrogens is 222 g/mol. The van der Waals surface area contributed by atoms with Crippen LogP contribution in [0.3, 0.4) is 0 Å². The maximum atomic E-state index is 5.44. The van der Waals surface area contributed by atoms with E-state index < -0.39 is 0 Å². The summed E-state index contributed by atoms with van der Waals surface area (Å²) in [5.41, 5.74) is 0. The van der Waals surface area contributed by atoms with Crippen molar-refractivity contribution in [2.24, 2.45) is 0 Å². The lowest BCUT2D eigenvalue weighted by molar-refractivity contribution is 0.141. The Kier molecular flexibility index (Phi) is 6.92. The number of nitrogens with zero attached hydrogens (tertiary/aromatic N) is 2. The van der Waals surface area contributed by atoms with E-state index >= 15 is 0 Å². The van der Waals surface area contributed by atoms with Crippen LogP contribution in [0.5, 0.6) is 0 Å². The van der Waals surface area contributed by atoms with Gasteiger partial charge < -0.3 is 10.1 Å². The van der Waals surface area contributed by atoms with E-state index in [2.05, 4.69) is 22.2 Å². The summed E-state index contributed by atoms with van der Waals surface area (Å²) in [6.45, 7) is 4.51. The molecule has 0 fully saturated rings. The van der Waals surface area contributed by atoms with Crippen LogP contribution in [-0.2, 0) is 4.74 Å². The van der Waals surface area contributed by atoms with Crippen LogP contribution in [-0.4, -0.2) is 36.0 Å². The van der Waals surface area contributed by atoms with Crippen molar-refractivity contribution in [1.82, 2.24) is 9.97 Å². The van der Waals surface area contributed by atoms with E-state index in [-0.39, 0.29) is 0 Å². The highest BCUT2D eigenvalue weighted by Gasteiger charge is 1.96. The van der Waals surface area contributed by atoms with E-state index in [0.717, 1.165) is 37.0 Å². The Labute approximate surface area is 101 Å². The van der Waals surface area contributed by atoms with Crippen molar-refractivity contribution >= 4 is 17.6 Å². The number of hydrogen-bond acceptors (Lipinski definition) is 5. The van der Waals surface area contributed by atoms with E-state index in [1.54, 1.807) is 18.1 Å². The normalized spacial score (nSPS) is 10.4. The molecule has 0 aliphatic heterocycles. The summed E-state index contributed by atoms with van der Waals surface area (Å²) in [6.07, 6.45) is 5.88. The highest BCUT2D eigenvalue weighted by Crippen LogP contribution is 2.13. The molecule has 0 spiro atoms. The van der Waals surface area contributed by atoms with Crippen molar-refractivity contribution in [3.8, 4) is 0 Å². The van der Waals surface area contributed by atoms with Gasteiger partial charge in [-0.15, -0.1) is 11.8 Å². The van der Waals surface area contributed by atoms with Crippen molar-refractivity contribution in [1.29, 1.82) is 0 Å². The van der Waals surface area contributed by atoms with Crippen molar-refractivity contribution in [2.45, 2.75) is 24.8 Å². The van der Waals surface area contributed by atoms with Gasteiger partial charge in [0.2, 0.25) is 0 Å². The first-order chi connectivity index (χ1) is 7.86. The number of thioether (sulfide) groups is 1. The molecule has 0 aliphatic rings. The Morgan fingerprint density at radius 3 is 3.00 bits per heavy atom. The van der Waals surface area contributed by atoms with Crippen LogP contribution in [0.2, 0.25) is 0 Å². The fraction of sp³-hybridized carbons (Fsp3) is 0.636. The zero-order chi connectivity index (χ0) is 11.6. The predicted octanol–water partition coefficient (Wildman–Crippen LogP) is 2.43. The third-order valence-electron chi connectivity index (χ3n) is 2.05. The third kappa shape index (κ3) is 5.32. The molecule has 0 bridgehead atoms. The quantitative estimate of drug-likeness (QED) is 0.430. The lowest BCUT2D eigenvalue weighted by Gasteiger charge is -2.06. The van der Waals surface area contributed by atoms with Gasteiger partial charge in [0.25, 0.3) is 0 Å². The predicted molar refractivity (Wildman–Crippen MR) is 68.0 cm³/mol. The lowest BCUT2D eigenvalue weighted by Crippen LogP contribution is -2.11. The highest BCUT2D eigenvalue weighted by molar-refractivity contribution is 7.98. The van der Waals surface area contributed by atoms with Crippen LogP contribution < -0.4 is 5.32 Å². The Hall–Kier alpha value is -0.810. The molecule has 0 atom stereocenters. The van der Waals surface area contributed by atoms with E-state index in [1.807, 2.05) is 12.3 Å². The zero-order valence-corrected chi connectivity index (χ0v) is 10.7. The van der Waals surface area contributed by atoms with Gasteiger partial charge in [-0.2, -0.15) is 0 Å². The molecule has 1 N–H and O–H groups in total. The minimum absolute atomic E-state index is 0.721. The number of aromatic nitrogens is 2. The van der Waals surface area contributed by atoms with Gasteiger partial charge >= 0.3 is 0 Å². The van der Waals surface area contributed by atoms with Crippen LogP contribution in [0.25, 0.3) is 0 Å². The second-order valence-corrected chi connectivity index (χ2v) is 4.16. The lowest BCUT2D eigenvalue weighted by atomic mass is 10.4. The first kappa shape index (κ1) is 13.3. The molecule has 5 heteroatoms. The molecule has 0 radical (unpaired) electrons. The molecule has 1 aromatic rings. The van der Waals surface area contributed by atoms with Gasteiger partial charge in [0.05, 0.1) is 6.61 Å². The Bertz CT molecular complexity index is 296. The van der Waals surface area contributed by atoms with E-state index in [0.29, 0.717) is 0 Å². The number of anilines is 1. The maximum Gasteiger partial charge on any atom is 0.130 e. The Morgan fingerprint density at radius 2 is 2.25 bits per heavy atom. The molecule has 90 valence electrons. The van der Waals surface area contributed by atoms with Crippen LogP contribution >= 0.6 is 11.8 Å².